The minimum absolute atomic E-state index is 0.102. The number of amides is 2. The summed E-state index contributed by atoms with van der Waals surface area (Å²) in [6, 6.07) is 5.58. The summed E-state index contributed by atoms with van der Waals surface area (Å²) >= 11 is 0. The van der Waals surface area contributed by atoms with E-state index in [0.29, 0.717) is 6.42 Å². The second-order valence-corrected chi connectivity index (χ2v) is 8.60. The number of nitrogens with zero attached hydrogens (tertiary/aromatic N) is 2. The third-order valence-electron chi connectivity index (χ3n) is 4.38. The molecule has 0 aliphatic carbocycles. The molecule has 1 aliphatic heterocycles. The van der Waals surface area contributed by atoms with Crippen LogP contribution in [0.2, 0.25) is 0 Å². The van der Waals surface area contributed by atoms with Crippen molar-refractivity contribution in [1.29, 1.82) is 0 Å². The van der Waals surface area contributed by atoms with Gasteiger partial charge in [0.15, 0.2) is 0 Å². The van der Waals surface area contributed by atoms with Crippen molar-refractivity contribution in [2.75, 3.05) is 12.8 Å². The van der Waals surface area contributed by atoms with Gasteiger partial charge in [0.1, 0.15) is 12.3 Å². The van der Waals surface area contributed by atoms with E-state index in [1.807, 2.05) is 38.1 Å². The number of urea groups is 1. The molecule has 0 saturated carbocycles. The van der Waals surface area contributed by atoms with E-state index in [1.165, 1.54) is 4.90 Å². The summed E-state index contributed by atoms with van der Waals surface area (Å²) in [4.78, 5) is 45.5. The summed E-state index contributed by atoms with van der Waals surface area (Å²) in [6.07, 6.45) is 0.0160. The maximum absolute atomic E-state index is 13.0. The molecule has 1 aromatic rings. The van der Waals surface area contributed by atoms with E-state index in [2.05, 4.69) is 0 Å². The molecule has 1 aromatic carbocycles. The highest BCUT2D eigenvalue weighted by Crippen LogP contribution is 2.36. The van der Waals surface area contributed by atoms with Crippen molar-refractivity contribution in [3.05, 3.63) is 35.4 Å². The molecule has 2 amide bonds. The molecule has 144 valence electrons. The van der Waals surface area contributed by atoms with E-state index < -0.39 is 31.9 Å². The molecule has 9 heteroatoms. The zero-order valence-corrected chi connectivity index (χ0v) is 15.8. The van der Waals surface area contributed by atoms with Gasteiger partial charge in [-0.25, -0.2) is 9.59 Å². The first kappa shape index (κ1) is 20.4. The van der Waals surface area contributed by atoms with Crippen LogP contribution in [-0.4, -0.2) is 55.6 Å². The van der Waals surface area contributed by atoms with E-state index in [-0.39, 0.29) is 25.4 Å². The largest absolute Gasteiger partial charge is 0.480 e. The number of hydrogen-bond acceptors (Lipinski definition) is 3. The number of hydrogen-bond donors (Lipinski definition) is 3. The van der Waals surface area contributed by atoms with Crippen LogP contribution >= 0.6 is 7.60 Å². The van der Waals surface area contributed by atoms with Crippen LogP contribution in [0.25, 0.3) is 0 Å². The number of carboxylic acids is 1. The normalized spacial score (nSPS) is 17.1. The molecule has 0 fully saturated rings. The van der Waals surface area contributed by atoms with Crippen LogP contribution in [-0.2, 0) is 22.3 Å². The topological polar surface area (TPSA) is 118 Å². The minimum Gasteiger partial charge on any atom is -0.480 e. The van der Waals surface area contributed by atoms with Gasteiger partial charge in [-0.3, -0.25) is 4.57 Å². The van der Waals surface area contributed by atoms with E-state index in [1.54, 1.807) is 0 Å². The van der Waals surface area contributed by atoms with E-state index in [0.717, 1.165) is 16.0 Å². The van der Waals surface area contributed by atoms with Gasteiger partial charge in [0.2, 0.25) is 0 Å². The van der Waals surface area contributed by atoms with Gasteiger partial charge in [-0.1, -0.05) is 38.1 Å². The van der Waals surface area contributed by atoms with Crippen molar-refractivity contribution < 1.29 is 29.0 Å². The molecule has 0 spiro atoms. The molecule has 3 N–H and O–H groups in total. The van der Waals surface area contributed by atoms with Gasteiger partial charge in [0.25, 0.3) is 0 Å². The molecular weight excluding hydrogens is 359 g/mol. The summed E-state index contributed by atoms with van der Waals surface area (Å²) in [5.41, 5.74) is 1.71. The lowest BCUT2D eigenvalue weighted by Gasteiger charge is -2.38. The summed E-state index contributed by atoms with van der Waals surface area (Å²) in [7, 11) is -4.47. The van der Waals surface area contributed by atoms with Crippen LogP contribution in [0.3, 0.4) is 0 Å². The van der Waals surface area contributed by atoms with Crippen LogP contribution in [0, 0.1) is 5.92 Å². The molecule has 0 radical (unpaired) electrons. The summed E-state index contributed by atoms with van der Waals surface area (Å²) < 4.78 is 11.5. The van der Waals surface area contributed by atoms with E-state index >= 15 is 0 Å². The Hall–Kier alpha value is -1.89. The number of rotatable bonds is 6. The van der Waals surface area contributed by atoms with Crippen molar-refractivity contribution in [3.63, 3.8) is 0 Å². The van der Waals surface area contributed by atoms with Crippen molar-refractivity contribution >= 4 is 19.6 Å². The first-order chi connectivity index (χ1) is 12.1. The molecule has 1 heterocycles. The monoisotopic (exact) mass is 384 g/mol. The lowest BCUT2D eigenvalue weighted by molar-refractivity contribution is -0.142. The van der Waals surface area contributed by atoms with Gasteiger partial charge in [-0.15, -0.1) is 0 Å². The van der Waals surface area contributed by atoms with Crippen LogP contribution < -0.4 is 0 Å². The Bertz CT molecular complexity index is 717. The first-order valence-electron chi connectivity index (χ1n) is 8.48. The van der Waals surface area contributed by atoms with E-state index in [4.69, 9.17) is 0 Å². The second-order valence-electron chi connectivity index (χ2n) is 6.99. The molecule has 1 unspecified atom stereocenters. The van der Waals surface area contributed by atoms with E-state index in [9.17, 15) is 29.0 Å². The van der Waals surface area contributed by atoms with Gasteiger partial charge in [-0.05, 0) is 23.5 Å². The highest BCUT2D eigenvalue weighted by molar-refractivity contribution is 7.51. The third-order valence-corrected chi connectivity index (χ3v) is 5.09. The number of benzene rings is 1. The van der Waals surface area contributed by atoms with Gasteiger partial charge in [0.05, 0.1) is 0 Å². The van der Waals surface area contributed by atoms with Crippen LogP contribution in [0.1, 0.15) is 31.4 Å². The maximum atomic E-state index is 13.0. The molecule has 1 aliphatic rings. The van der Waals surface area contributed by atoms with Gasteiger partial charge in [0, 0.05) is 19.5 Å². The predicted molar refractivity (Wildman–Crippen MR) is 95.6 cm³/mol. The van der Waals surface area contributed by atoms with Crippen molar-refractivity contribution in [2.24, 2.45) is 5.92 Å². The molecule has 2 rings (SSSR count). The van der Waals surface area contributed by atoms with Crippen LogP contribution in [0.15, 0.2) is 24.3 Å². The lowest BCUT2D eigenvalue weighted by Crippen LogP contribution is -2.53. The van der Waals surface area contributed by atoms with Crippen LogP contribution in [0.5, 0.6) is 0 Å². The zero-order valence-electron chi connectivity index (χ0n) is 14.9. The molecule has 0 saturated heterocycles. The number of fused-ring (bicyclic) bond motifs is 1. The number of carbonyl (C=O) groups is 2. The minimum atomic E-state index is -4.47. The number of carboxylic acid groups (broad SMARTS) is 1. The fraction of sp³-hybridized carbons (Fsp3) is 0.529. The van der Waals surface area contributed by atoms with Gasteiger partial charge < -0.3 is 24.7 Å². The van der Waals surface area contributed by atoms with Gasteiger partial charge in [-0.2, -0.15) is 0 Å². The Balaban J connectivity index is 2.29. The average molecular weight is 384 g/mol. The Morgan fingerprint density at radius 3 is 2.42 bits per heavy atom. The lowest BCUT2D eigenvalue weighted by atomic mass is 9.94. The SMILES string of the molecule is CC(C)CCN(CP(=O)(O)O)C(=O)N1Cc2ccccc2CC1C(=O)O. The fourth-order valence-electron chi connectivity index (χ4n) is 2.99. The van der Waals surface area contributed by atoms with Crippen molar-refractivity contribution in [2.45, 2.75) is 39.3 Å². The Morgan fingerprint density at radius 1 is 1.27 bits per heavy atom. The highest BCUT2D eigenvalue weighted by atomic mass is 31.2. The number of aliphatic carboxylic acids is 1. The molecule has 0 aromatic heterocycles. The highest BCUT2D eigenvalue weighted by Gasteiger charge is 2.37. The van der Waals surface area contributed by atoms with Crippen molar-refractivity contribution in [3.8, 4) is 0 Å². The first-order valence-corrected chi connectivity index (χ1v) is 10.3. The van der Waals surface area contributed by atoms with Crippen LogP contribution in [0.4, 0.5) is 4.79 Å². The standard InChI is InChI=1S/C17H25N2O6P/c1-12(2)7-8-18(11-26(23,24)25)17(22)19-10-14-6-4-3-5-13(14)9-15(19)16(20)21/h3-6,12,15H,7-11H2,1-2H3,(H,20,21)(H2,23,24,25). The molecule has 1 atom stereocenters. The van der Waals surface area contributed by atoms with Crippen molar-refractivity contribution in [1.82, 2.24) is 9.80 Å². The summed E-state index contributed by atoms with van der Waals surface area (Å²) in [5, 5.41) is 9.55. The molecule has 0 bridgehead atoms. The molecule has 8 nitrogen and oxygen atoms in total. The smallest absolute Gasteiger partial charge is 0.344 e. The molecule has 26 heavy (non-hydrogen) atoms. The third kappa shape index (κ3) is 5.30. The van der Waals surface area contributed by atoms with Gasteiger partial charge >= 0.3 is 19.6 Å². The molecular formula is C17H25N2O6P. The summed E-state index contributed by atoms with van der Waals surface area (Å²) in [5.74, 6) is -0.896. The average Bonchev–Trinajstić information content (AvgIpc) is 2.55. The zero-order chi connectivity index (χ0) is 19.5. The quantitative estimate of drug-likeness (QED) is 0.647. The maximum Gasteiger partial charge on any atom is 0.344 e. The fourth-order valence-corrected chi connectivity index (χ4v) is 3.70. The Kier molecular flexibility index (Phi) is 6.44. The summed E-state index contributed by atoms with van der Waals surface area (Å²) in [6.45, 7) is 4.14. The Morgan fingerprint density at radius 2 is 1.88 bits per heavy atom. The second kappa shape index (κ2) is 8.20. The predicted octanol–water partition coefficient (Wildman–Crippen LogP) is 2.10. The number of carbonyl (C=O) groups excluding carboxylic acids is 1. The Labute approximate surface area is 152 Å².